The zero-order valence-corrected chi connectivity index (χ0v) is 17.6. The molecule has 1 aromatic heterocycles. The van der Waals surface area contributed by atoms with Crippen LogP contribution in [0, 0.1) is 5.92 Å². The molecule has 0 saturated carbocycles. The molecule has 154 valence electrons. The molecule has 0 saturated heterocycles. The summed E-state index contributed by atoms with van der Waals surface area (Å²) in [6.45, 7) is 5.10. The van der Waals surface area contributed by atoms with Crippen molar-refractivity contribution in [2.75, 3.05) is 14.2 Å². The molecule has 0 radical (unpaired) electrons. The van der Waals surface area contributed by atoms with E-state index in [-0.39, 0.29) is 6.42 Å². The van der Waals surface area contributed by atoms with Crippen molar-refractivity contribution in [3.63, 3.8) is 0 Å². The Balaban J connectivity index is 2.40. The van der Waals surface area contributed by atoms with E-state index in [0.717, 1.165) is 30.7 Å². The molecule has 28 heavy (non-hydrogen) atoms. The number of fused-ring (bicyclic) bond motifs is 1. The van der Waals surface area contributed by atoms with Crippen LogP contribution < -0.4 is 5.73 Å². The van der Waals surface area contributed by atoms with E-state index in [1.807, 2.05) is 24.3 Å². The lowest BCUT2D eigenvalue weighted by molar-refractivity contribution is -0.162. The Kier molecular flexibility index (Phi) is 6.83. The maximum Gasteiger partial charge on any atom is 0.354 e. The van der Waals surface area contributed by atoms with Crippen molar-refractivity contribution < 1.29 is 27.9 Å². The number of nitrogens with one attached hydrogen (secondary N) is 1. The van der Waals surface area contributed by atoms with Gasteiger partial charge in [-0.25, -0.2) is 0 Å². The SMILES string of the molecule is COP(=O)(OC)C(N)C(=O)C(Cc1c[nH]c2ccccc12)C(=O)OC(C)(C)C. The molecule has 2 rings (SSSR count). The molecule has 2 unspecified atom stereocenters. The molecule has 0 amide bonds. The van der Waals surface area contributed by atoms with Crippen molar-refractivity contribution >= 4 is 30.3 Å². The van der Waals surface area contributed by atoms with Crippen LogP contribution in [0.3, 0.4) is 0 Å². The third-order valence-electron chi connectivity index (χ3n) is 4.27. The first kappa shape index (κ1) is 22.3. The normalized spacial score (nSPS) is 14.6. The highest BCUT2D eigenvalue weighted by atomic mass is 31.2. The lowest BCUT2D eigenvalue weighted by Gasteiger charge is -2.26. The number of rotatable bonds is 8. The van der Waals surface area contributed by atoms with E-state index in [1.54, 1.807) is 27.0 Å². The first-order valence-electron chi connectivity index (χ1n) is 8.80. The van der Waals surface area contributed by atoms with Gasteiger partial charge in [0, 0.05) is 31.3 Å². The van der Waals surface area contributed by atoms with E-state index in [1.165, 1.54) is 0 Å². The first-order valence-corrected chi connectivity index (χ1v) is 10.4. The standard InChI is InChI=1S/C19H27N2O6P/c1-19(2,3)27-18(23)14(16(22)17(20)28(24,25-4)26-5)10-12-11-21-15-9-7-6-8-13(12)15/h6-9,11,14,17,21H,10,20H2,1-5H3. The summed E-state index contributed by atoms with van der Waals surface area (Å²) in [7, 11) is -1.62. The number of H-pyrrole nitrogens is 1. The van der Waals surface area contributed by atoms with E-state index >= 15 is 0 Å². The van der Waals surface area contributed by atoms with Crippen molar-refractivity contribution in [1.29, 1.82) is 0 Å². The average molecular weight is 410 g/mol. The monoisotopic (exact) mass is 410 g/mol. The highest BCUT2D eigenvalue weighted by Crippen LogP contribution is 2.50. The number of Topliss-reactive ketones (excluding diaryl/α,β-unsaturated/α-hetero) is 1. The van der Waals surface area contributed by atoms with Crippen LogP contribution in [0.15, 0.2) is 30.5 Å². The molecule has 9 heteroatoms. The lowest BCUT2D eigenvalue weighted by Crippen LogP contribution is -2.42. The van der Waals surface area contributed by atoms with Crippen LogP contribution in [-0.4, -0.2) is 42.3 Å². The fraction of sp³-hybridized carbons (Fsp3) is 0.474. The number of esters is 1. The molecule has 0 aliphatic carbocycles. The number of aromatic nitrogens is 1. The third-order valence-corrected chi connectivity index (χ3v) is 6.23. The summed E-state index contributed by atoms with van der Waals surface area (Å²) in [5.41, 5.74) is 6.70. The van der Waals surface area contributed by atoms with Crippen molar-refractivity contribution in [3.05, 3.63) is 36.0 Å². The Labute approximate surface area is 164 Å². The summed E-state index contributed by atoms with van der Waals surface area (Å²) >= 11 is 0. The topological polar surface area (TPSA) is 121 Å². The van der Waals surface area contributed by atoms with Gasteiger partial charge in [-0.05, 0) is 38.8 Å². The number of aromatic amines is 1. The fourth-order valence-corrected chi connectivity index (χ4v) is 3.95. The molecular weight excluding hydrogens is 383 g/mol. The average Bonchev–Trinajstić information content (AvgIpc) is 3.05. The summed E-state index contributed by atoms with van der Waals surface area (Å²) in [4.78, 5) is 28.9. The van der Waals surface area contributed by atoms with Crippen LogP contribution >= 0.6 is 7.60 Å². The predicted molar refractivity (Wildman–Crippen MR) is 106 cm³/mol. The van der Waals surface area contributed by atoms with Gasteiger partial charge in [-0.1, -0.05) is 18.2 Å². The van der Waals surface area contributed by atoms with Gasteiger partial charge in [0.05, 0.1) is 0 Å². The van der Waals surface area contributed by atoms with Gasteiger partial charge in [-0.15, -0.1) is 0 Å². The number of hydrogen-bond donors (Lipinski definition) is 2. The number of hydrogen-bond acceptors (Lipinski definition) is 7. The van der Waals surface area contributed by atoms with Crippen molar-refractivity contribution in [3.8, 4) is 0 Å². The second kappa shape index (κ2) is 8.57. The van der Waals surface area contributed by atoms with Crippen LogP contribution in [-0.2, 0) is 34.4 Å². The Morgan fingerprint density at radius 3 is 2.36 bits per heavy atom. The van der Waals surface area contributed by atoms with Gasteiger partial charge in [-0.2, -0.15) is 0 Å². The second-order valence-corrected chi connectivity index (χ2v) is 9.77. The van der Waals surface area contributed by atoms with Crippen molar-refractivity contribution in [2.45, 2.75) is 38.6 Å². The smallest absolute Gasteiger partial charge is 0.354 e. The summed E-state index contributed by atoms with van der Waals surface area (Å²) in [5, 5.41) is 0.874. The van der Waals surface area contributed by atoms with Gasteiger partial charge in [0.25, 0.3) is 0 Å². The summed E-state index contributed by atoms with van der Waals surface area (Å²) in [6, 6.07) is 7.51. The minimum atomic E-state index is -3.90. The zero-order chi connectivity index (χ0) is 21.1. The molecular formula is C19H27N2O6P. The van der Waals surface area contributed by atoms with E-state index in [0.29, 0.717) is 0 Å². The maximum atomic E-state index is 13.0. The van der Waals surface area contributed by atoms with Gasteiger partial charge in [0.15, 0.2) is 11.6 Å². The van der Waals surface area contributed by atoms with Crippen LogP contribution in [0.2, 0.25) is 0 Å². The Morgan fingerprint density at radius 2 is 1.79 bits per heavy atom. The molecule has 8 nitrogen and oxygen atoms in total. The predicted octanol–water partition coefficient (Wildman–Crippen LogP) is 3.01. The number of nitrogens with two attached hydrogens (primary N) is 1. The molecule has 0 fully saturated rings. The quantitative estimate of drug-likeness (QED) is 0.390. The molecule has 0 aliphatic rings. The maximum absolute atomic E-state index is 13.0. The van der Waals surface area contributed by atoms with E-state index in [4.69, 9.17) is 19.5 Å². The summed E-state index contributed by atoms with van der Waals surface area (Å²) in [6.07, 6.45) is 1.77. The van der Waals surface area contributed by atoms with Crippen LogP contribution in [0.5, 0.6) is 0 Å². The summed E-state index contributed by atoms with van der Waals surface area (Å²) in [5.74, 6) is -4.36. The lowest BCUT2D eigenvalue weighted by atomic mass is 9.94. The Morgan fingerprint density at radius 1 is 1.18 bits per heavy atom. The van der Waals surface area contributed by atoms with Crippen LogP contribution in [0.25, 0.3) is 10.9 Å². The van der Waals surface area contributed by atoms with Crippen molar-refractivity contribution in [2.24, 2.45) is 11.7 Å². The van der Waals surface area contributed by atoms with Gasteiger partial charge < -0.3 is 24.5 Å². The molecule has 0 spiro atoms. The molecule has 1 aromatic carbocycles. The van der Waals surface area contributed by atoms with Gasteiger partial charge in [0.2, 0.25) is 0 Å². The molecule has 2 atom stereocenters. The summed E-state index contributed by atoms with van der Waals surface area (Å²) < 4.78 is 27.7. The number of benzene rings is 1. The minimum absolute atomic E-state index is 0.0406. The zero-order valence-electron chi connectivity index (χ0n) is 16.7. The van der Waals surface area contributed by atoms with Crippen LogP contribution in [0.4, 0.5) is 0 Å². The molecule has 3 N–H and O–H groups in total. The number of carbonyl (C=O) groups excluding carboxylic acids is 2. The largest absolute Gasteiger partial charge is 0.459 e. The number of carbonyl (C=O) groups is 2. The van der Waals surface area contributed by atoms with Gasteiger partial charge in [-0.3, -0.25) is 14.2 Å². The fourth-order valence-electron chi connectivity index (χ4n) is 2.86. The highest BCUT2D eigenvalue weighted by Gasteiger charge is 2.43. The van der Waals surface area contributed by atoms with Gasteiger partial charge in [0.1, 0.15) is 11.5 Å². The molecule has 2 aromatic rings. The van der Waals surface area contributed by atoms with Crippen molar-refractivity contribution in [1.82, 2.24) is 4.98 Å². The molecule has 1 heterocycles. The highest BCUT2D eigenvalue weighted by molar-refractivity contribution is 7.55. The molecule has 0 aliphatic heterocycles. The molecule has 0 bridgehead atoms. The number of ether oxygens (including phenoxy) is 1. The van der Waals surface area contributed by atoms with Crippen LogP contribution in [0.1, 0.15) is 26.3 Å². The minimum Gasteiger partial charge on any atom is -0.459 e. The Hall–Kier alpha value is -1.99. The number of para-hydroxylation sites is 1. The first-order chi connectivity index (χ1) is 13.0. The van der Waals surface area contributed by atoms with E-state index in [9.17, 15) is 14.2 Å². The third kappa shape index (κ3) is 4.89. The van der Waals surface area contributed by atoms with E-state index in [2.05, 4.69) is 4.98 Å². The Bertz CT molecular complexity index is 893. The van der Waals surface area contributed by atoms with E-state index < -0.39 is 36.7 Å². The second-order valence-electron chi connectivity index (χ2n) is 7.40. The van der Waals surface area contributed by atoms with Gasteiger partial charge >= 0.3 is 13.6 Å². The number of ketones is 1.